The number of nitrogens with zero attached hydrogens (tertiary/aromatic N) is 3. The molecule has 0 unspecified atom stereocenters. The van der Waals surface area contributed by atoms with Gasteiger partial charge in [-0.1, -0.05) is 0 Å². The van der Waals surface area contributed by atoms with Gasteiger partial charge in [-0.2, -0.15) is 5.10 Å². The average molecular weight is 337 g/mol. The van der Waals surface area contributed by atoms with E-state index in [1.807, 2.05) is 4.90 Å². The van der Waals surface area contributed by atoms with Crippen LogP contribution >= 0.6 is 0 Å². The van der Waals surface area contributed by atoms with Crippen LogP contribution in [0, 0.1) is 10.1 Å². The number of hydrogen-bond acceptors (Lipinski definition) is 6. The fraction of sp³-hybridized carbons (Fsp3) is 0.308. The monoisotopic (exact) mass is 337 g/mol. The molecule has 1 aromatic heterocycles. The van der Waals surface area contributed by atoms with Crippen molar-refractivity contribution in [3.8, 4) is 0 Å². The molecule has 10 heteroatoms. The Morgan fingerprint density at radius 3 is 2.91 bits per heavy atom. The molecule has 1 aliphatic heterocycles. The zero-order valence-electron chi connectivity index (χ0n) is 12.3. The predicted octanol–water partition coefficient (Wildman–Crippen LogP) is 0.789. The molecule has 0 fully saturated rings. The minimum atomic E-state index is -3.73. The van der Waals surface area contributed by atoms with Crippen molar-refractivity contribution in [2.24, 2.45) is 0 Å². The third kappa shape index (κ3) is 2.78. The average Bonchev–Trinajstić information content (AvgIpc) is 3.01. The Morgan fingerprint density at radius 2 is 2.22 bits per heavy atom. The summed E-state index contributed by atoms with van der Waals surface area (Å²) in [6, 6.07) is 3.94. The van der Waals surface area contributed by atoms with E-state index in [4.69, 9.17) is 0 Å². The second-order valence-electron chi connectivity index (χ2n) is 5.16. The van der Waals surface area contributed by atoms with Crippen LogP contribution in [0.15, 0.2) is 29.3 Å². The van der Waals surface area contributed by atoms with E-state index in [2.05, 4.69) is 14.9 Å². The minimum Gasteiger partial charge on any atom is -0.361 e. The zero-order valence-corrected chi connectivity index (χ0v) is 13.1. The molecule has 0 bridgehead atoms. The highest BCUT2D eigenvalue weighted by molar-refractivity contribution is 7.89. The van der Waals surface area contributed by atoms with E-state index in [1.165, 1.54) is 19.2 Å². The number of rotatable bonds is 4. The third-order valence-electron chi connectivity index (χ3n) is 3.86. The molecule has 0 aliphatic carbocycles. The molecule has 0 radical (unpaired) electrons. The highest BCUT2D eigenvalue weighted by atomic mass is 32.2. The first-order valence-corrected chi connectivity index (χ1v) is 8.39. The summed E-state index contributed by atoms with van der Waals surface area (Å²) in [6.07, 6.45) is 2.40. The molecule has 1 aliphatic rings. The van der Waals surface area contributed by atoms with E-state index in [0.717, 1.165) is 17.3 Å². The van der Waals surface area contributed by atoms with Crippen molar-refractivity contribution in [1.29, 1.82) is 0 Å². The number of H-pyrrole nitrogens is 1. The summed E-state index contributed by atoms with van der Waals surface area (Å²) in [6.45, 7) is 1.08. The maximum absolute atomic E-state index is 11.8. The molecule has 0 spiro atoms. The number of sulfonamides is 1. The number of hydrogen-bond donors (Lipinski definition) is 2. The summed E-state index contributed by atoms with van der Waals surface area (Å²) in [5, 5.41) is 18.3. The maximum atomic E-state index is 11.8. The van der Waals surface area contributed by atoms with Crippen LogP contribution in [-0.2, 0) is 23.0 Å². The fourth-order valence-corrected chi connectivity index (χ4v) is 3.38. The van der Waals surface area contributed by atoms with Crippen molar-refractivity contribution in [2.45, 2.75) is 17.9 Å². The number of nitro groups is 1. The molecule has 9 nitrogen and oxygen atoms in total. The van der Waals surface area contributed by atoms with E-state index >= 15 is 0 Å². The lowest BCUT2D eigenvalue weighted by atomic mass is 10.1. The van der Waals surface area contributed by atoms with Crippen molar-refractivity contribution in [2.75, 3.05) is 18.5 Å². The number of nitro benzene ring substituents is 1. The van der Waals surface area contributed by atoms with E-state index < -0.39 is 14.9 Å². The van der Waals surface area contributed by atoms with Crippen LogP contribution in [-0.4, -0.2) is 37.1 Å². The van der Waals surface area contributed by atoms with Crippen molar-refractivity contribution >= 4 is 21.4 Å². The lowest BCUT2D eigenvalue weighted by Gasteiger charge is -2.28. The lowest BCUT2D eigenvalue weighted by molar-refractivity contribution is -0.384. The van der Waals surface area contributed by atoms with Crippen LogP contribution in [0.3, 0.4) is 0 Å². The number of benzene rings is 1. The van der Waals surface area contributed by atoms with Gasteiger partial charge in [0.15, 0.2) is 0 Å². The number of aromatic amines is 1. The minimum absolute atomic E-state index is 0.128. The molecule has 2 N–H and O–H groups in total. The first-order chi connectivity index (χ1) is 10.9. The van der Waals surface area contributed by atoms with Gasteiger partial charge in [-0.15, -0.1) is 0 Å². The van der Waals surface area contributed by atoms with Gasteiger partial charge in [0, 0.05) is 36.8 Å². The summed E-state index contributed by atoms with van der Waals surface area (Å²) in [5.41, 5.74) is 2.18. The quantitative estimate of drug-likeness (QED) is 0.628. The second kappa shape index (κ2) is 5.63. The molecule has 3 rings (SSSR count). The molecular weight excluding hydrogens is 322 g/mol. The van der Waals surface area contributed by atoms with Gasteiger partial charge in [-0.25, -0.2) is 13.1 Å². The van der Waals surface area contributed by atoms with Gasteiger partial charge in [-0.3, -0.25) is 15.2 Å². The molecule has 23 heavy (non-hydrogen) atoms. The fourth-order valence-electron chi connectivity index (χ4n) is 2.63. The summed E-state index contributed by atoms with van der Waals surface area (Å²) in [4.78, 5) is 12.5. The van der Waals surface area contributed by atoms with E-state index in [1.54, 1.807) is 6.20 Å². The Bertz CT molecular complexity index is 861. The van der Waals surface area contributed by atoms with Gasteiger partial charge >= 0.3 is 0 Å². The second-order valence-corrected chi connectivity index (χ2v) is 7.05. The van der Waals surface area contributed by atoms with Crippen LogP contribution in [0.5, 0.6) is 0 Å². The van der Waals surface area contributed by atoms with Crippen LogP contribution in [0.1, 0.15) is 11.3 Å². The molecule has 0 atom stereocenters. The Morgan fingerprint density at radius 1 is 1.43 bits per heavy atom. The molecule has 0 saturated heterocycles. The predicted molar refractivity (Wildman–Crippen MR) is 82.7 cm³/mol. The van der Waals surface area contributed by atoms with Gasteiger partial charge in [0.25, 0.3) is 5.69 Å². The van der Waals surface area contributed by atoms with E-state index in [9.17, 15) is 18.5 Å². The van der Waals surface area contributed by atoms with Crippen molar-refractivity contribution in [1.82, 2.24) is 14.9 Å². The zero-order chi connectivity index (χ0) is 16.6. The van der Waals surface area contributed by atoms with Gasteiger partial charge in [-0.05, 0) is 19.2 Å². The first kappa shape index (κ1) is 15.4. The van der Waals surface area contributed by atoms with Gasteiger partial charge in [0.1, 0.15) is 5.69 Å². The molecule has 122 valence electrons. The van der Waals surface area contributed by atoms with Crippen molar-refractivity contribution in [3.05, 3.63) is 45.8 Å². The maximum Gasteiger partial charge on any atom is 0.293 e. The summed E-state index contributed by atoms with van der Waals surface area (Å²) >= 11 is 0. The summed E-state index contributed by atoms with van der Waals surface area (Å²) < 4.78 is 25.8. The van der Waals surface area contributed by atoms with Gasteiger partial charge < -0.3 is 4.90 Å². The van der Waals surface area contributed by atoms with Crippen LogP contribution in [0.2, 0.25) is 0 Å². The molecular formula is C13H15N5O4S. The van der Waals surface area contributed by atoms with Crippen molar-refractivity contribution in [3.63, 3.8) is 0 Å². The summed E-state index contributed by atoms with van der Waals surface area (Å²) in [7, 11) is -2.47. The van der Waals surface area contributed by atoms with Crippen LogP contribution < -0.4 is 9.62 Å². The Hall–Kier alpha value is -2.46. The topological polar surface area (TPSA) is 121 Å². The van der Waals surface area contributed by atoms with E-state index in [-0.39, 0.29) is 10.6 Å². The number of fused-ring (bicyclic) bond motifs is 1. The standard InChI is InChI=1S/C13H15N5O4S/c1-14-23(21,22)10-2-3-12(13(6-10)18(19)20)17-5-4-11-9(8-17)7-15-16-11/h2-3,6-7,14H,4-5,8H2,1H3,(H,15,16). The smallest absolute Gasteiger partial charge is 0.293 e. The Labute approximate surface area is 132 Å². The Kier molecular flexibility index (Phi) is 3.78. The number of aromatic nitrogens is 2. The lowest BCUT2D eigenvalue weighted by Crippen LogP contribution is -2.30. The van der Waals surface area contributed by atoms with Gasteiger partial charge in [0.05, 0.1) is 16.0 Å². The molecule has 0 saturated carbocycles. The third-order valence-corrected chi connectivity index (χ3v) is 5.28. The van der Waals surface area contributed by atoms with Gasteiger partial charge in [0.2, 0.25) is 10.0 Å². The van der Waals surface area contributed by atoms with E-state index in [0.29, 0.717) is 25.2 Å². The summed E-state index contributed by atoms with van der Waals surface area (Å²) in [5.74, 6) is 0. The highest BCUT2D eigenvalue weighted by Crippen LogP contribution is 2.33. The van der Waals surface area contributed by atoms with Crippen LogP contribution in [0.4, 0.5) is 11.4 Å². The van der Waals surface area contributed by atoms with Crippen LogP contribution in [0.25, 0.3) is 0 Å². The molecule has 2 heterocycles. The molecule has 0 amide bonds. The molecule has 2 aromatic rings. The Balaban J connectivity index is 2.02. The highest BCUT2D eigenvalue weighted by Gasteiger charge is 2.26. The normalized spacial score (nSPS) is 14.6. The number of nitrogens with one attached hydrogen (secondary N) is 2. The SMILES string of the molecule is CNS(=O)(=O)c1ccc(N2CCc3[nH]ncc3C2)c([N+](=O)[O-])c1. The first-order valence-electron chi connectivity index (χ1n) is 6.90. The molecule has 1 aromatic carbocycles. The largest absolute Gasteiger partial charge is 0.361 e. The number of anilines is 1. The van der Waals surface area contributed by atoms with Crippen molar-refractivity contribution < 1.29 is 13.3 Å².